The largest absolute Gasteiger partial charge is 0.573 e. The smallest absolute Gasteiger partial charge is 0.406 e. The van der Waals surface area contributed by atoms with Gasteiger partial charge in [-0.1, -0.05) is 11.3 Å². The quantitative estimate of drug-likeness (QED) is 0.557. The maximum atomic E-state index is 13.5. The number of aromatic nitrogens is 1. The van der Waals surface area contributed by atoms with Crippen LogP contribution in [-0.4, -0.2) is 29.7 Å². The third-order valence-corrected chi connectivity index (χ3v) is 4.59. The maximum absolute atomic E-state index is 13.5. The van der Waals surface area contributed by atoms with Crippen molar-refractivity contribution in [2.24, 2.45) is 0 Å². The molecule has 1 aromatic heterocycles. The molecular formula is C18H12F5N3O3S. The lowest BCUT2D eigenvalue weighted by Gasteiger charge is -2.07. The Balaban J connectivity index is 1.54. The number of ether oxygens (including phenoxy) is 1. The van der Waals surface area contributed by atoms with E-state index in [-0.39, 0.29) is 23.7 Å². The molecule has 0 fully saturated rings. The first kappa shape index (κ1) is 21.4. The Hall–Kier alpha value is -3.28. The summed E-state index contributed by atoms with van der Waals surface area (Å²) in [6.07, 6.45) is -5.00. The van der Waals surface area contributed by atoms with Gasteiger partial charge in [0.05, 0.1) is 15.8 Å². The highest BCUT2D eigenvalue weighted by Crippen LogP contribution is 2.31. The van der Waals surface area contributed by atoms with Gasteiger partial charge in [0.2, 0.25) is 5.91 Å². The molecule has 3 aromatic rings. The molecule has 0 spiro atoms. The lowest BCUT2D eigenvalue weighted by atomic mass is 10.2. The first-order chi connectivity index (χ1) is 14.1. The molecule has 2 amide bonds. The number of thiazole rings is 1. The van der Waals surface area contributed by atoms with Gasteiger partial charge in [0.15, 0.2) is 5.13 Å². The van der Waals surface area contributed by atoms with Crippen molar-refractivity contribution < 1.29 is 36.3 Å². The highest BCUT2D eigenvalue weighted by atomic mass is 32.1. The molecule has 0 bridgehead atoms. The zero-order valence-electron chi connectivity index (χ0n) is 14.8. The molecule has 0 aliphatic rings. The van der Waals surface area contributed by atoms with Crippen LogP contribution in [0, 0.1) is 11.6 Å². The van der Waals surface area contributed by atoms with Crippen LogP contribution in [0.25, 0.3) is 10.2 Å². The molecular weight excluding hydrogens is 433 g/mol. The van der Waals surface area contributed by atoms with E-state index >= 15 is 0 Å². The van der Waals surface area contributed by atoms with Gasteiger partial charge in [0.1, 0.15) is 17.4 Å². The average Bonchev–Trinajstić information content (AvgIpc) is 3.01. The van der Waals surface area contributed by atoms with E-state index in [9.17, 15) is 31.5 Å². The third kappa shape index (κ3) is 5.63. The van der Waals surface area contributed by atoms with Crippen molar-refractivity contribution in [1.82, 2.24) is 10.3 Å². The lowest BCUT2D eigenvalue weighted by molar-refractivity contribution is -0.274. The van der Waals surface area contributed by atoms with Gasteiger partial charge >= 0.3 is 6.36 Å². The number of nitrogens with one attached hydrogen (secondary N) is 2. The standard InChI is InChI=1S/C18H12F5N3O3S/c19-9-1-3-11(12(20)7-9)16(28)24-6-5-15(27)26-17-25-13-4-2-10(8-14(13)30-17)29-18(21,22)23/h1-4,7-8H,5-6H2,(H,24,28)(H,25,26,27). The molecule has 0 unspecified atom stereocenters. The molecule has 2 aromatic carbocycles. The number of hydrogen-bond acceptors (Lipinski definition) is 5. The van der Waals surface area contributed by atoms with Crippen LogP contribution in [0.5, 0.6) is 5.75 Å². The minimum atomic E-state index is -4.82. The molecule has 6 nitrogen and oxygen atoms in total. The SMILES string of the molecule is O=C(CCNC(=O)c1ccc(F)cc1F)Nc1nc2ccc(OC(F)(F)F)cc2s1. The van der Waals surface area contributed by atoms with E-state index in [1.807, 2.05) is 0 Å². The number of halogens is 5. The Labute approximate surface area is 169 Å². The first-order valence-corrected chi connectivity index (χ1v) is 9.12. The number of amides is 2. The van der Waals surface area contributed by atoms with Gasteiger partial charge in [0, 0.05) is 25.1 Å². The first-order valence-electron chi connectivity index (χ1n) is 8.30. The number of nitrogens with zero attached hydrogens (tertiary/aromatic N) is 1. The van der Waals surface area contributed by atoms with Crippen molar-refractivity contribution in [2.75, 3.05) is 11.9 Å². The van der Waals surface area contributed by atoms with Gasteiger partial charge in [-0.25, -0.2) is 13.8 Å². The summed E-state index contributed by atoms with van der Waals surface area (Å²) in [6, 6.07) is 6.06. The van der Waals surface area contributed by atoms with Crippen LogP contribution in [0.4, 0.5) is 27.1 Å². The molecule has 3 rings (SSSR count). The Morgan fingerprint density at radius 1 is 1.10 bits per heavy atom. The number of fused-ring (bicyclic) bond motifs is 1. The van der Waals surface area contributed by atoms with E-state index in [1.165, 1.54) is 6.07 Å². The van der Waals surface area contributed by atoms with Crippen molar-refractivity contribution in [3.05, 3.63) is 53.6 Å². The van der Waals surface area contributed by atoms with E-state index < -0.39 is 35.6 Å². The molecule has 0 saturated heterocycles. The predicted molar refractivity (Wildman–Crippen MR) is 98.2 cm³/mol. The van der Waals surface area contributed by atoms with Crippen molar-refractivity contribution in [3.63, 3.8) is 0 Å². The second-order valence-corrected chi connectivity index (χ2v) is 6.91. The Morgan fingerprint density at radius 3 is 2.57 bits per heavy atom. The second-order valence-electron chi connectivity index (χ2n) is 5.87. The highest BCUT2D eigenvalue weighted by Gasteiger charge is 2.31. The van der Waals surface area contributed by atoms with Crippen molar-refractivity contribution in [3.8, 4) is 5.75 Å². The Kier molecular flexibility index (Phi) is 6.15. The fourth-order valence-electron chi connectivity index (χ4n) is 2.40. The van der Waals surface area contributed by atoms with Crippen LogP contribution < -0.4 is 15.4 Å². The van der Waals surface area contributed by atoms with Gasteiger partial charge in [-0.2, -0.15) is 0 Å². The van der Waals surface area contributed by atoms with E-state index in [4.69, 9.17) is 0 Å². The van der Waals surface area contributed by atoms with Gasteiger partial charge in [-0.15, -0.1) is 13.2 Å². The monoisotopic (exact) mass is 445 g/mol. The third-order valence-electron chi connectivity index (χ3n) is 3.65. The van der Waals surface area contributed by atoms with E-state index in [0.29, 0.717) is 16.3 Å². The molecule has 1 heterocycles. The van der Waals surface area contributed by atoms with Crippen LogP contribution >= 0.6 is 11.3 Å². The molecule has 0 saturated carbocycles. The molecule has 12 heteroatoms. The van der Waals surface area contributed by atoms with E-state index in [0.717, 1.165) is 35.6 Å². The fourth-order valence-corrected chi connectivity index (χ4v) is 3.31. The average molecular weight is 445 g/mol. The topological polar surface area (TPSA) is 80.3 Å². The van der Waals surface area contributed by atoms with Crippen LogP contribution in [-0.2, 0) is 4.79 Å². The molecule has 2 N–H and O–H groups in total. The minimum absolute atomic E-state index is 0.129. The molecule has 0 aliphatic carbocycles. The number of carbonyl (C=O) groups excluding carboxylic acids is 2. The maximum Gasteiger partial charge on any atom is 0.573 e. The number of anilines is 1. The number of hydrogen-bond donors (Lipinski definition) is 2. The van der Waals surface area contributed by atoms with Gasteiger partial charge in [-0.05, 0) is 24.3 Å². The molecule has 0 aliphatic heterocycles. The summed E-state index contributed by atoms with van der Waals surface area (Å²) in [4.78, 5) is 27.9. The number of carbonyl (C=O) groups is 2. The lowest BCUT2D eigenvalue weighted by Crippen LogP contribution is -2.28. The summed E-state index contributed by atoms with van der Waals surface area (Å²) < 4.78 is 67.4. The Morgan fingerprint density at radius 2 is 1.87 bits per heavy atom. The number of alkyl halides is 3. The van der Waals surface area contributed by atoms with Crippen molar-refractivity contribution >= 4 is 38.5 Å². The fraction of sp³-hybridized carbons (Fsp3) is 0.167. The summed E-state index contributed by atoms with van der Waals surface area (Å²) in [6.45, 7) is -0.129. The van der Waals surface area contributed by atoms with Gasteiger partial charge in [-0.3, -0.25) is 9.59 Å². The van der Waals surface area contributed by atoms with E-state index in [1.54, 1.807) is 0 Å². The van der Waals surface area contributed by atoms with Gasteiger partial charge in [0.25, 0.3) is 5.91 Å². The normalized spacial score (nSPS) is 11.4. The molecule has 0 radical (unpaired) electrons. The summed E-state index contributed by atoms with van der Waals surface area (Å²) in [5.74, 6) is -3.60. The Bertz CT molecular complexity index is 1100. The van der Waals surface area contributed by atoms with Crippen LogP contribution in [0.3, 0.4) is 0 Å². The predicted octanol–water partition coefficient (Wildman–Crippen LogP) is 4.23. The van der Waals surface area contributed by atoms with Crippen LogP contribution in [0.15, 0.2) is 36.4 Å². The van der Waals surface area contributed by atoms with Crippen LogP contribution in [0.1, 0.15) is 16.8 Å². The van der Waals surface area contributed by atoms with Gasteiger partial charge < -0.3 is 15.4 Å². The summed E-state index contributed by atoms with van der Waals surface area (Å²) in [5, 5.41) is 4.94. The highest BCUT2D eigenvalue weighted by molar-refractivity contribution is 7.22. The van der Waals surface area contributed by atoms with Crippen molar-refractivity contribution in [2.45, 2.75) is 12.8 Å². The summed E-state index contributed by atoms with van der Waals surface area (Å²) >= 11 is 0.943. The van der Waals surface area contributed by atoms with E-state index in [2.05, 4.69) is 20.4 Å². The molecule has 30 heavy (non-hydrogen) atoms. The number of rotatable bonds is 6. The zero-order valence-corrected chi connectivity index (χ0v) is 15.7. The van der Waals surface area contributed by atoms with Crippen LogP contribution in [0.2, 0.25) is 0 Å². The molecule has 0 atom stereocenters. The minimum Gasteiger partial charge on any atom is -0.406 e. The molecule has 158 valence electrons. The summed E-state index contributed by atoms with van der Waals surface area (Å²) in [7, 11) is 0. The summed E-state index contributed by atoms with van der Waals surface area (Å²) in [5.41, 5.74) is 0.00442. The van der Waals surface area contributed by atoms with Crippen molar-refractivity contribution in [1.29, 1.82) is 0 Å². The number of benzene rings is 2. The second kappa shape index (κ2) is 8.61. The zero-order chi connectivity index (χ0) is 21.9.